The summed E-state index contributed by atoms with van der Waals surface area (Å²) in [6, 6.07) is 20.3. The van der Waals surface area contributed by atoms with Crippen molar-refractivity contribution in [3.63, 3.8) is 0 Å². The van der Waals surface area contributed by atoms with Crippen LogP contribution in [0, 0.1) is 6.92 Å². The fourth-order valence-corrected chi connectivity index (χ4v) is 6.22. The monoisotopic (exact) mass is 581 g/mol. The molecule has 38 heavy (non-hydrogen) atoms. The summed E-state index contributed by atoms with van der Waals surface area (Å²) in [5.41, 5.74) is 3.60. The van der Waals surface area contributed by atoms with Gasteiger partial charge in [0.05, 0.1) is 43.1 Å². The van der Waals surface area contributed by atoms with Crippen LogP contribution in [0.15, 0.2) is 80.9 Å². The van der Waals surface area contributed by atoms with Crippen LogP contribution < -0.4 is 10.9 Å². The summed E-state index contributed by atoms with van der Waals surface area (Å²) in [7, 11) is 1.79. The highest BCUT2D eigenvalue weighted by Gasteiger charge is 2.18. The summed E-state index contributed by atoms with van der Waals surface area (Å²) < 4.78 is 4.95. The second kappa shape index (κ2) is 11.2. The first kappa shape index (κ1) is 26.2. The van der Waals surface area contributed by atoms with E-state index in [1.165, 1.54) is 27.8 Å². The number of hydrogen-bond donors (Lipinski definition) is 1. The third-order valence-corrected chi connectivity index (χ3v) is 8.66. The quantitative estimate of drug-likeness (QED) is 0.168. The molecule has 0 spiro atoms. The van der Waals surface area contributed by atoms with Crippen LogP contribution in [-0.4, -0.2) is 32.2 Å². The molecule has 0 radical (unpaired) electrons. The standard InChI is InChI=1S/C27H21Cl2N5O2S2/c1-16-25(26(36)34(33(16)2)18-7-4-3-5-8-18)32-24(35)15-37-27-31-22-12-11-17(13-23(22)38-27)30-14-19-20(28)9-6-10-21(19)29/h3-14H,15H2,1-2H3,(H,32,35). The van der Waals surface area contributed by atoms with Crippen LogP contribution >= 0.6 is 46.3 Å². The minimum absolute atomic E-state index is 0.120. The van der Waals surface area contributed by atoms with E-state index in [9.17, 15) is 9.59 Å². The highest BCUT2D eigenvalue weighted by atomic mass is 35.5. The van der Waals surface area contributed by atoms with Crippen LogP contribution in [0.4, 0.5) is 11.4 Å². The molecule has 0 aliphatic heterocycles. The van der Waals surface area contributed by atoms with Crippen molar-refractivity contribution in [2.24, 2.45) is 12.0 Å². The lowest BCUT2D eigenvalue weighted by atomic mass is 10.2. The number of aliphatic imine (C=N–C) groups is 1. The van der Waals surface area contributed by atoms with Gasteiger partial charge in [-0.1, -0.05) is 59.2 Å². The van der Waals surface area contributed by atoms with Gasteiger partial charge in [-0.2, -0.15) is 0 Å². The van der Waals surface area contributed by atoms with Crippen molar-refractivity contribution in [3.8, 4) is 5.69 Å². The number of benzene rings is 3. The number of carbonyl (C=O) groups excluding carboxylic acids is 1. The van der Waals surface area contributed by atoms with Crippen LogP contribution in [0.1, 0.15) is 11.3 Å². The number of rotatable bonds is 7. The van der Waals surface area contributed by atoms with Crippen LogP contribution in [0.5, 0.6) is 0 Å². The highest BCUT2D eigenvalue weighted by molar-refractivity contribution is 8.01. The van der Waals surface area contributed by atoms with Gasteiger partial charge in [0.1, 0.15) is 5.69 Å². The molecule has 0 fully saturated rings. The second-order valence-corrected chi connectivity index (χ2v) is 11.4. The van der Waals surface area contributed by atoms with Gasteiger partial charge in [-0.3, -0.25) is 19.3 Å². The maximum Gasteiger partial charge on any atom is 0.295 e. The fourth-order valence-electron chi connectivity index (χ4n) is 3.82. The zero-order valence-corrected chi connectivity index (χ0v) is 23.5. The Morgan fingerprint density at radius 2 is 1.84 bits per heavy atom. The summed E-state index contributed by atoms with van der Waals surface area (Å²) in [4.78, 5) is 34.9. The molecule has 0 unspecified atom stereocenters. The number of aromatic nitrogens is 3. The Morgan fingerprint density at radius 1 is 1.11 bits per heavy atom. The van der Waals surface area contributed by atoms with E-state index < -0.39 is 0 Å². The topological polar surface area (TPSA) is 81.3 Å². The Bertz CT molecular complexity index is 1720. The Kier molecular flexibility index (Phi) is 7.71. The molecule has 192 valence electrons. The first-order valence-corrected chi connectivity index (χ1v) is 14.0. The van der Waals surface area contributed by atoms with Gasteiger partial charge >= 0.3 is 0 Å². The fraction of sp³-hybridized carbons (Fsp3) is 0.111. The molecule has 0 aliphatic rings. The molecule has 0 atom stereocenters. The van der Waals surface area contributed by atoms with Gasteiger partial charge in [0.25, 0.3) is 5.56 Å². The largest absolute Gasteiger partial charge is 0.319 e. The van der Waals surface area contributed by atoms with Crippen molar-refractivity contribution in [3.05, 3.63) is 98.4 Å². The van der Waals surface area contributed by atoms with Gasteiger partial charge < -0.3 is 5.32 Å². The first-order chi connectivity index (χ1) is 18.3. The van der Waals surface area contributed by atoms with Gasteiger partial charge in [0, 0.05) is 18.8 Å². The third kappa shape index (κ3) is 5.42. The van der Waals surface area contributed by atoms with Crippen molar-refractivity contribution in [1.29, 1.82) is 0 Å². The average Bonchev–Trinajstić information content (AvgIpc) is 3.41. The highest BCUT2D eigenvalue weighted by Crippen LogP contribution is 2.32. The average molecular weight is 583 g/mol. The Labute approximate surface area is 236 Å². The SMILES string of the molecule is Cc1c(NC(=O)CSc2nc3ccc(N=Cc4c(Cl)cccc4Cl)cc3s2)c(=O)n(-c2ccccc2)n1C. The Hall–Kier alpha value is -3.37. The predicted molar refractivity (Wildman–Crippen MR) is 158 cm³/mol. The number of thiazole rings is 1. The lowest BCUT2D eigenvalue weighted by Crippen LogP contribution is -2.23. The normalized spacial score (nSPS) is 11.5. The molecule has 0 bridgehead atoms. The molecule has 3 aromatic carbocycles. The van der Waals surface area contributed by atoms with Crippen LogP contribution in [0.25, 0.3) is 15.9 Å². The molecule has 2 aromatic heterocycles. The second-order valence-electron chi connectivity index (χ2n) is 8.30. The minimum atomic E-state index is -0.277. The minimum Gasteiger partial charge on any atom is -0.319 e. The number of amides is 1. The summed E-state index contributed by atoms with van der Waals surface area (Å²) in [5.74, 6) is -0.156. The van der Waals surface area contributed by atoms with Gasteiger partial charge in [0.15, 0.2) is 4.34 Å². The van der Waals surface area contributed by atoms with E-state index in [4.69, 9.17) is 23.2 Å². The van der Waals surface area contributed by atoms with Gasteiger partial charge in [-0.05, 0) is 49.4 Å². The van der Waals surface area contributed by atoms with Gasteiger partial charge in [0.2, 0.25) is 5.91 Å². The number of nitrogens with one attached hydrogen (secondary N) is 1. The summed E-state index contributed by atoms with van der Waals surface area (Å²) in [5, 5.41) is 3.85. The summed E-state index contributed by atoms with van der Waals surface area (Å²) >= 11 is 15.2. The zero-order valence-electron chi connectivity index (χ0n) is 20.3. The van der Waals surface area contributed by atoms with E-state index in [1.54, 1.807) is 43.1 Å². The van der Waals surface area contributed by atoms with Gasteiger partial charge in [-0.25, -0.2) is 9.67 Å². The van der Waals surface area contributed by atoms with Crippen molar-refractivity contribution >= 4 is 80.0 Å². The summed E-state index contributed by atoms with van der Waals surface area (Å²) in [6.07, 6.45) is 1.64. The van der Waals surface area contributed by atoms with E-state index in [1.807, 2.05) is 48.5 Å². The third-order valence-electron chi connectivity index (χ3n) is 5.84. The van der Waals surface area contributed by atoms with Crippen LogP contribution in [0.3, 0.4) is 0 Å². The number of thioether (sulfide) groups is 1. The number of para-hydroxylation sites is 1. The molecule has 5 rings (SSSR count). The molecule has 5 aromatic rings. The predicted octanol–water partition coefficient (Wildman–Crippen LogP) is 6.88. The van der Waals surface area contributed by atoms with E-state index in [0.29, 0.717) is 21.3 Å². The van der Waals surface area contributed by atoms with E-state index in [2.05, 4.69) is 15.3 Å². The maximum absolute atomic E-state index is 13.0. The van der Waals surface area contributed by atoms with E-state index >= 15 is 0 Å². The molecular formula is C27H21Cl2N5O2S2. The number of fused-ring (bicyclic) bond motifs is 1. The number of halogens is 2. The number of carbonyl (C=O) groups is 1. The molecule has 0 saturated carbocycles. The van der Waals surface area contributed by atoms with Gasteiger partial charge in [-0.15, -0.1) is 11.3 Å². The molecule has 1 amide bonds. The number of hydrogen-bond acceptors (Lipinski definition) is 6. The zero-order chi connectivity index (χ0) is 26.8. The molecule has 1 N–H and O–H groups in total. The van der Waals surface area contributed by atoms with Crippen LogP contribution in [-0.2, 0) is 11.8 Å². The van der Waals surface area contributed by atoms with Crippen molar-refractivity contribution < 1.29 is 4.79 Å². The van der Waals surface area contributed by atoms with Crippen molar-refractivity contribution in [2.45, 2.75) is 11.3 Å². The van der Waals surface area contributed by atoms with E-state index in [-0.39, 0.29) is 22.9 Å². The van der Waals surface area contributed by atoms with Crippen molar-refractivity contribution in [2.75, 3.05) is 11.1 Å². The van der Waals surface area contributed by atoms with Crippen LogP contribution in [0.2, 0.25) is 10.0 Å². The summed E-state index contributed by atoms with van der Waals surface area (Å²) in [6.45, 7) is 1.80. The molecule has 0 aliphatic carbocycles. The molecule has 0 saturated heterocycles. The Morgan fingerprint density at radius 3 is 2.58 bits per heavy atom. The lowest BCUT2D eigenvalue weighted by Gasteiger charge is -2.07. The van der Waals surface area contributed by atoms with E-state index in [0.717, 1.165) is 25.9 Å². The number of nitrogens with zero attached hydrogens (tertiary/aromatic N) is 4. The smallest absolute Gasteiger partial charge is 0.295 e. The number of anilines is 1. The lowest BCUT2D eigenvalue weighted by molar-refractivity contribution is -0.113. The maximum atomic E-state index is 13.0. The Balaban J connectivity index is 1.27. The molecular weight excluding hydrogens is 561 g/mol. The molecule has 11 heteroatoms. The molecule has 7 nitrogen and oxygen atoms in total. The molecule has 2 heterocycles. The first-order valence-electron chi connectivity index (χ1n) is 11.5. The van der Waals surface area contributed by atoms with Crippen molar-refractivity contribution in [1.82, 2.24) is 14.3 Å².